The van der Waals surface area contributed by atoms with Crippen LogP contribution in [0.1, 0.15) is 141 Å². The minimum atomic E-state index is -0.163. The molecule has 8 aromatic rings. The van der Waals surface area contributed by atoms with Gasteiger partial charge in [0.2, 0.25) is 0 Å². The van der Waals surface area contributed by atoms with Crippen LogP contribution in [-0.2, 0) is 33.6 Å². The number of anilines is 4. The number of aryl methyl sites for hydroxylation is 1. The van der Waals surface area contributed by atoms with Crippen molar-refractivity contribution in [3.05, 3.63) is 178 Å². The van der Waals surface area contributed by atoms with Gasteiger partial charge in [-0.1, -0.05) is 179 Å². The molecular weight excluding hydrogens is 848 g/mol. The van der Waals surface area contributed by atoms with Crippen LogP contribution in [0.2, 0.25) is 0 Å². The lowest BCUT2D eigenvalue weighted by Gasteiger charge is -2.46. The zero-order valence-electron chi connectivity index (χ0n) is 43.7. The molecule has 12 rings (SSSR count). The third-order valence-corrected chi connectivity index (χ3v) is 17.5. The monoisotopic (exact) mass is 917 g/mol. The zero-order valence-corrected chi connectivity index (χ0v) is 43.7. The van der Waals surface area contributed by atoms with Gasteiger partial charge in [-0.3, -0.25) is 0 Å². The highest BCUT2D eigenvalue weighted by Gasteiger charge is 2.49. The number of nitrogens with zero attached hydrogens (tertiary/aromatic N) is 2. The van der Waals surface area contributed by atoms with Crippen molar-refractivity contribution in [1.29, 1.82) is 0 Å². The molecule has 4 heteroatoms. The number of rotatable bonds is 5. The number of hydrogen-bond acceptors (Lipinski definition) is 3. The van der Waals surface area contributed by atoms with E-state index in [1.54, 1.807) is 0 Å². The zero-order chi connectivity index (χ0) is 48.9. The van der Waals surface area contributed by atoms with E-state index in [0.717, 1.165) is 30.7 Å². The Labute approximate surface area is 418 Å². The molecule has 3 heterocycles. The lowest BCUT2D eigenvalue weighted by Crippen LogP contribution is -2.61. The molecule has 0 unspecified atom stereocenters. The normalized spacial score (nSPS) is 17.9. The molecule has 2 aliphatic heterocycles. The molecule has 1 aromatic heterocycles. The first-order valence-electron chi connectivity index (χ1n) is 26.1. The molecule has 0 amide bonds. The molecule has 4 aliphatic rings. The molecule has 352 valence electrons. The van der Waals surface area contributed by atoms with E-state index in [0.29, 0.717) is 6.54 Å². The first-order valence-corrected chi connectivity index (χ1v) is 26.1. The SMILES string of the molecule is Cc1cc2c3c(c1)N(Cc1ccc(C(C)(C)C)cc1-c1ccccc1)c1oc4cc5c(cc4c1B3N(c1ccc3c(c1)C(C)(C)CCC3(C)C)c1cc(-c3ccccc3)ccc1-2)C(C)(C)CCC5(C)C. The minimum absolute atomic E-state index is 0.00146. The van der Waals surface area contributed by atoms with Crippen molar-refractivity contribution >= 4 is 51.7 Å². The van der Waals surface area contributed by atoms with Crippen LogP contribution < -0.4 is 20.6 Å². The van der Waals surface area contributed by atoms with Gasteiger partial charge in [0.25, 0.3) is 0 Å². The molecule has 7 aromatic carbocycles. The Hall–Kier alpha value is -6.26. The Balaban J connectivity index is 1.18. The fourth-order valence-electron chi connectivity index (χ4n) is 13.0. The summed E-state index contributed by atoms with van der Waals surface area (Å²) in [7, 11) is 0. The van der Waals surface area contributed by atoms with Crippen molar-refractivity contribution < 1.29 is 4.42 Å². The van der Waals surface area contributed by atoms with Crippen molar-refractivity contribution in [3.8, 4) is 33.4 Å². The van der Waals surface area contributed by atoms with Gasteiger partial charge in [-0.2, -0.15) is 0 Å². The van der Waals surface area contributed by atoms with E-state index < -0.39 is 0 Å². The van der Waals surface area contributed by atoms with Crippen LogP contribution in [0, 0.1) is 6.92 Å². The summed E-state index contributed by atoms with van der Waals surface area (Å²) in [6.07, 6.45) is 4.64. The summed E-state index contributed by atoms with van der Waals surface area (Å²) in [5, 5.41) is 1.23. The average Bonchev–Trinajstić information content (AvgIpc) is 3.71. The van der Waals surface area contributed by atoms with Crippen LogP contribution in [-0.4, -0.2) is 6.85 Å². The van der Waals surface area contributed by atoms with Crippen LogP contribution in [0.5, 0.6) is 0 Å². The molecule has 0 radical (unpaired) electrons. The predicted molar refractivity (Wildman–Crippen MR) is 299 cm³/mol. The van der Waals surface area contributed by atoms with Crippen LogP contribution in [0.25, 0.3) is 44.3 Å². The molecule has 0 saturated carbocycles. The number of benzene rings is 7. The molecule has 70 heavy (non-hydrogen) atoms. The second-order valence-corrected chi connectivity index (χ2v) is 25.2. The lowest BCUT2D eigenvalue weighted by atomic mass is 9.43. The van der Waals surface area contributed by atoms with E-state index in [2.05, 4.69) is 232 Å². The van der Waals surface area contributed by atoms with Gasteiger partial charge >= 0.3 is 6.85 Å². The van der Waals surface area contributed by atoms with Gasteiger partial charge in [0, 0.05) is 33.5 Å². The van der Waals surface area contributed by atoms with Gasteiger partial charge in [0.05, 0.1) is 6.54 Å². The molecule has 0 bridgehead atoms. The molecule has 2 aliphatic carbocycles. The highest BCUT2D eigenvalue weighted by atomic mass is 16.4. The minimum Gasteiger partial charge on any atom is -0.441 e. The Morgan fingerprint density at radius 3 is 1.79 bits per heavy atom. The van der Waals surface area contributed by atoms with Gasteiger partial charge in [0.1, 0.15) is 5.58 Å². The summed E-state index contributed by atoms with van der Waals surface area (Å²) in [6.45, 7) is 29.3. The maximum absolute atomic E-state index is 7.63. The smallest absolute Gasteiger partial charge is 0.337 e. The summed E-state index contributed by atoms with van der Waals surface area (Å²) in [6, 6.07) is 53.8. The Morgan fingerprint density at radius 1 is 0.514 bits per heavy atom. The summed E-state index contributed by atoms with van der Waals surface area (Å²) < 4.78 is 7.63. The lowest BCUT2D eigenvalue weighted by molar-refractivity contribution is 0.332. The van der Waals surface area contributed by atoms with Crippen molar-refractivity contribution in [2.45, 2.75) is 142 Å². The van der Waals surface area contributed by atoms with Crippen molar-refractivity contribution in [1.82, 2.24) is 0 Å². The molecule has 3 nitrogen and oxygen atoms in total. The number of fused-ring (bicyclic) bond motifs is 8. The van der Waals surface area contributed by atoms with E-state index in [4.69, 9.17) is 4.42 Å². The number of hydrogen-bond donors (Lipinski definition) is 0. The highest BCUT2D eigenvalue weighted by molar-refractivity contribution is 6.95. The van der Waals surface area contributed by atoms with Crippen LogP contribution in [0.3, 0.4) is 0 Å². The quantitative estimate of drug-likeness (QED) is 0.160. The fourth-order valence-corrected chi connectivity index (χ4v) is 13.0. The van der Waals surface area contributed by atoms with E-state index in [1.165, 1.54) is 112 Å². The predicted octanol–water partition coefficient (Wildman–Crippen LogP) is 16.6. The first kappa shape index (κ1) is 44.9. The molecule has 0 N–H and O–H groups in total. The maximum atomic E-state index is 7.63. The van der Waals surface area contributed by atoms with Gasteiger partial charge in [-0.25, -0.2) is 0 Å². The Bertz CT molecular complexity index is 3420. The van der Waals surface area contributed by atoms with Crippen molar-refractivity contribution in [3.63, 3.8) is 0 Å². The Kier molecular flexibility index (Phi) is 9.86. The van der Waals surface area contributed by atoms with E-state index in [1.807, 2.05) is 0 Å². The Morgan fingerprint density at radius 2 is 1.13 bits per heavy atom. The molecule has 0 atom stereocenters. The van der Waals surface area contributed by atoms with Gasteiger partial charge in [-0.15, -0.1) is 0 Å². The molecule has 0 saturated heterocycles. The average molecular weight is 917 g/mol. The highest BCUT2D eigenvalue weighted by Crippen LogP contribution is 2.53. The van der Waals surface area contributed by atoms with E-state index >= 15 is 0 Å². The second-order valence-electron chi connectivity index (χ2n) is 25.2. The van der Waals surface area contributed by atoms with Crippen LogP contribution >= 0.6 is 0 Å². The van der Waals surface area contributed by atoms with Crippen molar-refractivity contribution in [2.75, 3.05) is 9.71 Å². The summed E-state index contributed by atoms with van der Waals surface area (Å²) in [4.78, 5) is 5.29. The first-order chi connectivity index (χ1) is 33.2. The molecule has 0 fully saturated rings. The summed E-state index contributed by atoms with van der Waals surface area (Å²) in [5.74, 6) is 0.952. The third-order valence-electron chi connectivity index (χ3n) is 17.5. The molecule has 0 spiro atoms. The standard InChI is InChI=1S/C66H69BN2O/c1-41-33-50-48-27-24-44(42-19-15-13-16-20-42)35-56(48)69(47-26-28-52-53(37-47)64(7,8)30-29-63(52,5)6)67-59(50)57(34-41)68(40-45-23-25-46(62(2,3)4)36-49(45)43-21-17-14-18-22-43)61-60(67)51-38-54-55(39-58(51)70-61)66(11,12)32-31-65(54,9)10/h13-28,33-39H,29-32,40H2,1-12H3. The third kappa shape index (κ3) is 6.97. The van der Waals surface area contributed by atoms with Crippen LogP contribution in [0.4, 0.5) is 22.9 Å². The topological polar surface area (TPSA) is 19.6 Å². The van der Waals surface area contributed by atoms with E-state index in [-0.39, 0.29) is 33.9 Å². The largest absolute Gasteiger partial charge is 0.441 e. The number of furan rings is 1. The van der Waals surface area contributed by atoms with Gasteiger partial charge in [0.15, 0.2) is 5.88 Å². The molecular formula is C66H69BN2O. The van der Waals surface area contributed by atoms with Crippen LogP contribution in [0.15, 0.2) is 144 Å². The van der Waals surface area contributed by atoms with Crippen molar-refractivity contribution in [2.24, 2.45) is 0 Å². The van der Waals surface area contributed by atoms with E-state index in [9.17, 15) is 0 Å². The summed E-state index contributed by atoms with van der Waals surface area (Å²) >= 11 is 0. The second kappa shape index (κ2) is 15.4. The maximum Gasteiger partial charge on any atom is 0.337 e. The van der Waals surface area contributed by atoms with Gasteiger partial charge in [-0.05, 0) is 168 Å². The fraction of sp³-hybridized carbons (Fsp3) is 0.333. The summed E-state index contributed by atoms with van der Waals surface area (Å²) in [5.41, 5.74) is 24.7. The van der Waals surface area contributed by atoms with Gasteiger partial charge < -0.3 is 14.1 Å².